The van der Waals surface area contributed by atoms with E-state index in [2.05, 4.69) is 47.9 Å². The maximum Gasteiger partial charge on any atom is 0.227 e. The number of rotatable bonds is 7. The fourth-order valence-electron chi connectivity index (χ4n) is 5.84. The zero-order valence-corrected chi connectivity index (χ0v) is 17.2. The number of amides is 1. The Morgan fingerprint density at radius 3 is 2.56 bits per heavy atom. The summed E-state index contributed by atoms with van der Waals surface area (Å²) in [6.07, 6.45) is 11.3. The monoisotopic (exact) mass is 368 g/mol. The van der Waals surface area contributed by atoms with E-state index in [9.17, 15) is 4.79 Å². The molecule has 3 aliphatic heterocycles. The zero-order chi connectivity index (χ0) is 18.8. The summed E-state index contributed by atoms with van der Waals surface area (Å²) in [4.78, 5) is 17.5. The second-order valence-corrected chi connectivity index (χ2v) is 9.30. The lowest BCUT2D eigenvalue weighted by Crippen LogP contribution is -2.47. The van der Waals surface area contributed by atoms with Crippen LogP contribution in [0.3, 0.4) is 0 Å². The van der Waals surface area contributed by atoms with Crippen molar-refractivity contribution in [2.45, 2.75) is 83.7 Å². The summed E-state index contributed by atoms with van der Waals surface area (Å²) in [5.41, 5.74) is 2.49. The molecule has 3 aliphatic rings. The average molecular weight is 369 g/mol. The van der Waals surface area contributed by atoms with Gasteiger partial charge >= 0.3 is 0 Å². The predicted octanol–water partition coefficient (Wildman–Crippen LogP) is 5.04. The molecule has 2 saturated heterocycles. The normalized spacial score (nSPS) is 29.0. The zero-order valence-electron chi connectivity index (χ0n) is 17.2. The minimum absolute atomic E-state index is 0.307. The van der Waals surface area contributed by atoms with Gasteiger partial charge in [-0.2, -0.15) is 0 Å². The minimum atomic E-state index is 0.307. The second kappa shape index (κ2) is 8.34. The molecule has 0 aromatic heterocycles. The van der Waals surface area contributed by atoms with E-state index in [0.717, 1.165) is 43.2 Å². The van der Waals surface area contributed by atoms with Gasteiger partial charge in [0.1, 0.15) is 0 Å². The van der Waals surface area contributed by atoms with Crippen LogP contribution in [-0.4, -0.2) is 36.0 Å². The largest absolute Gasteiger partial charge is 0.312 e. The molecule has 4 atom stereocenters. The molecule has 0 radical (unpaired) electrons. The molecule has 148 valence electrons. The Morgan fingerprint density at radius 2 is 1.81 bits per heavy atom. The first-order chi connectivity index (χ1) is 13.2. The van der Waals surface area contributed by atoms with Gasteiger partial charge in [0.05, 0.1) is 0 Å². The Morgan fingerprint density at radius 1 is 1.07 bits per heavy atom. The van der Waals surface area contributed by atoms with Crippen LogP contribution < -0.4 is 4.90 Å². The van der Waals surface area contributed by atoms with Crippen LogP contribution in [0.2, 0.25) is 0 Å². The topological polar surface area (TPSA) is 23.6 Å². The summed E-state index contributed by atoms with van der Waals surface area (Å²) in [5, 5.41) is 0. The molecular weight excluding hydrogens is 332 g/mol. The number of piperidine rings is 1. The van der Waals surface area contributed by atoms with Crippen molar-refractivity contribution in [3.8, 4) is 0 Å². The molecule has 2 bridgehead atoms. The van der Waals surface area contributed by atoms with Gasteiger partial charge in [-0.15, -0.1) is 0 Å². The number of hydrogen-bond donors (Lipinski definition) is 0. The summed E-state index contributed by atoms with van der Waals surface area (Å²) < 4.78 is 0. The van der Waals surface area contributed by atoms with Crippen LogP contribution in [0.4, 0.5) is 5.69 Å². The van der Waals surface area contributed by atoms with E-state index in [0.29, 0.717) is 18.2 Å². The first-order valence-electron chi connectivity index (χ1n) is 11.3. The molecule has 4 rings (SSSR count). The lowest BCUT2D eigenvalue weighted by Gasteiger charge is -2.41. The Labute approximate surface area is 165 Å². The molecule has 1 aromatic carbocycles. The number of fused-ring (bicyclic) bond motifs is 3. The summed E-state index contributed by atoms with van der Waals surface area (Å²) in [5.74, 6) is 1.79. The average Bonchev–Trinajstić information content (AvgIpc) is 2.90. The molecule has 1 amide bonds. The minimum Gasteiger partial charge on any atom is -0.312 e. The van der Waals surface area contributed by atoms with Gasteiger partial charge in [-0.1, -0.05) is 51.3 Å². The highest BCUT2D eigenvalue weighted by molar-refractivity contribution is 5.96. The molecule has 27 heavy (non-hydrogen) atoms. The van der Waals surface area contributed by atoms with Crippen molar-refractivity contribution >= 4 is 11.6 Å². The lowest BCUT2D eigenvalue weighted by atomic mass is 9.86. The Kier molecular flexibility index (Phi) is 5.87. The van der Waals surface area contributed by atoms with Gasteiger partial charge in [0, 0.05) is 37.3 Å². The highest BCUT2D eigenvalue weighted by Gasteiger charge is 2.40. The van der Waals surface area contributed by atoms with Crippen molar-refractivity contribution in [3.05, 3.63) is 29.8 Å². The molecule has 3 heterocycles. The summed E-state index contributed by atoms with van der Waals surface area (Å²) in [7, 11) is 0. The van der Waals surface area contributed by atoms with E-state index in [1.807, 2.05) is 0 Å². The third-order valence-electron chi connectivity index (χ3n) is 7.16. The summed E-state index contributed by atoms with van der Waals surface area (Å²) in [6, 6.07) is 10.1. The molecule has 2 fully saturated rings. The van der Waals surface area contributed by atoms with Crippen molar-refractivity contribution in [1.29, 1.82) is 0 Å². The van der Waals surface area contributed by atoms with E-state index in [4.69, 9.17) is 0 Å². The smallest absolute Gasteiger partial charge is 0.227 e. The first kappa shape index (κ1) is 19.0. The van der Waals surface area contributed by atoms with Crippen molar-refractivity contribution < 1.29 is 4.79 Å². The highest BCUT2D eigenvalue weighted by Crippen LogP contribution is 2.41. The first-order valence-corrected chi connectivity index (χ1v) is 11.3. The van der Waals surface area contributed by atoms with Crippen LogP contribution in [0.1, 0.15) is 70.8 Å². The van der Waals surface area contributed by atoms with E-state index in [1.54, 1.807) is 0 Å². The van der Waals surface area contributed by atoms with Crippen LogP contribution in [0.5, 0.6) is 0 Å². The molecule has 3 nitrogen and oxygen atoms in total. The molecule has 3 unspecified atom stereocenters. The lowest BCUT2D eigenvalue weighted by molar-refractivity contribution is -0.119. The van der Waals surface area contributed by atoms with E-state index < -0.39 is 0 Å². The van der Waals surface area contributed by atoms with Gasteiger partial charge < -0.3 is 4.90 Å². The number of para-hydroxylation sites is 1. The van der Waals surface area contributed by atoms with Crippen LogP contribution in [0.25, 0.3) is 0 Å². The van der Waals surface area contributed by atoms with Gasteiger partial charge in [0.25, 0.3) is 0 Å². The standard InChI is InChI=1S/C24H36N2O/c1-3-4-7-19-14-21-11-12-22(15-19)25(21)16-18(2)17-26-23-9-6-5-8-20(23)10-13-24(26)27/h5-6,8-9,18-19,21-22H,3-4,7,10-17H2,1-2H3/t18?,19?,21-,22?/m1/s1. The fourth-order valence-corrected chi connectivity index (χ4v) is 5.84. The number of unbranched alkanes of at least 4 members (excludes halogenated alkanes) is 1. The van der Waals surface area contributed by atoms with Crippen LogP contribution in [-0.2, 0) is 11.2 Å². The Bertz CT molecular complexity index is 644. The quantitative estimate of drug-likeness (QED) is 0.673. The number of benzene rings is 1. The SMILES string of the molecule is CCCCC1CC2CC[C@H](C1)N2CC(C)CN1C(=O)CCc2ccccc21. The van der Waals surface area contributed by atoms with Crippen molar-refractivity contribution in [1.82, 2.24) is 4.90 Å². The highest BCUT2D eigenvalue weighted by atomic mass is 16.2. The molecule has 1 aromatic rings. The number of anilines is 1. The number of hydrogen-bond acceptors (Lipinski definition) is 2. The number of aryl methyl sites for hydroxylation is 1. The fraction of sp³-hybridized carbons (Fsp3) is 0.708. The number of carbonyl (C=O) groups is 1. The molecule has 0 aliphatic carbocycles. The van der Waals surface area contributed by atoms with Crippen LogP contribution in [0.15, 0.2) is 24.3 Å². The van der Waals surface area contributed by atoms with Crippen molar-refractivity contribution in [2.75, 3.05) is 18.0 Å². The molecule has 0 N–H and O–H groups in total. The van der Waals surface area contributed by atoms with Crippen molar-refractivity contribution in [2.24, 2.45) is 11.8 Å². The third-order valence-corrected chi connectivity index (χ3v) is 7.16. The maximum absolute atomic E-state index is 12.6. The van der Waals surface area contributed by atoms with Gasteiger partial charge in [-0.25, -0.2) is 0 Å². The summed E-state index contributed by atoms with van der Waals surface area (Å²) >= 11 is 0. The van der Waals surface area contributed by atoms with Gasteiger partial charge in [-0.3, -0.25) is 9.69 Å². The van der Waals surface area contributed by atoms with Crippen molar-refractivity contribution in [3.63, 3.8) is 0 Å². The van der Waals surface area contributed by atoms with E-state index in [1.165, 1.54) is 50.5 Å². The second-order valence-electron chi connectivity index (χ2n) is 9.30. The molecule has 3 heteroatoms. The molecule has 0 saturated carbocycles. The Balaban J connectivity index is 1.36. The maximum atomic E-state index is 12.6. The summed E-state index contributed by atoms with van der Waals surface area (Å²) in [6.45, 7) is 6.67. The molecular formula is C24H36N2O. The third kappa shape index (κ3) is 4.08. The van der Waals surface area contributed by atoms with Crippen LogP contribution >= 0.6 is 0 Å². The Hall–Kier alpha value is -1.35. The van der Waals surface area contributed by atoms with Crippen LogP contribution in [0, 0.1) is 11.8 Å². The molecule has 0 spiro atoms. The van der Waals surface area contributed by atoms with Gasteiger partial charge in [0.2, 0.25) is 5.91 Å². The van der Waals surface area contributed by atoms with E-state index in [-0.39, 0.29) is 0 Å². The number of carbonyl (C=O) groups excluding carboxylic acids is 1. The van der Waals surface area contributed by atoms with E-state index >= 15 is 0 Å². The van der Waals surface area contributed by atoms with Gasteiger partial charge in [-0.05, 0) is 55.6 Å². The number of nitrogens with zero attached hydrogens (tertiary/aromatic N) is 2. The van der Waals surface area contributed by atoms with Gasteiger partial charge in [0.15, 0.2) is 0 Å². The predicted molar refractivity (Wildman–Crippen MR) is 112 cm³/mol.